The van der Waals surface area contributed by atoms with Crippen LogP contribution in [0.3, 0.4) is 0 Å². The van der Waals surface area contributed by atoms with Crippen LogP contribution in [0.15, 0.2) is 23.0 Å². The first-order valence-electron chi connectivity index (χ1n) is 3.87. The predicted octanol–water partition coefficient (Wildman–Crippen LogP) is 0.298. The third-order valence-corrected chi connectivity index (χ3v) is 2.08. The number of hydrogen-bond donors (Lipinski definition) is 1. The van der Waals surface area contributed by atoms with Gasteiger partial charge in [0.1, 0.15) is 0 Å². The van der Waals surface area contributed by atoms with Crippen LogP contribution in [0.5, 0.6) is 0 Å². The van der Waals surface area contributed by atoms with Crippen LogP contribution in [0.4, 0.5) is 0 Å². The minimum absolute atomic E-state index is 0. The number of hydrogen-bond acceptors (Lipinski definition) is 2. The van der Waals surface area contributed by atoms with Crippen molar-refractivity contribution in [1.29, 1.82) is 0 Å². The number of fused-ring (bicyclic) bond motifs is 1. The van der Waals surface area contributed by atoms with Gasteiger partial charge in [-0.3, -0.25) is 9.36 Å². The molecule has 2 aromatic rings. The van der Waals surface area contributed by atoms with E-state index in [1.807, 2.05) is 0 Å². The molecule has 0 fully saturated rings. The molecular weight excluding hydrogens is 207 g/mol. The standard InChI is InChI=1S/C9H8N2O2.K/c1-11-8-6(5-12)3-2-4-7(8)10-9(11)13;/h2-5H,1H3,(H,10,13);. The van der Waals surface area contributed by atoms with E-state index in [-0.39, 0.29) is 57.1 Å². The first kappa shape index (κ1) is 11.9. The number of imidazole rings is 1. The summed E-state index contributed by atoms with van der Waals surface area (Å²) in [6, 6.07) is 5.19. The molecule has 5 heteroatoms. The van der Waals surface area contributed by atoms with Gasteiger partial charge in [0.15, 0.2) is 6.29 Å². The van der Waals surface area contributed by atoms with Crippen molar-refractivity contribution in [3.8, 4) is 0 Å². The molecule has 0 saturated heterocycles. The maximum Gasteiger partial charge on any atom is 0.326 e. The van der Waals surface area contributed by atoms with E-state index in [0.29, 0.717) is 16.6 Å². The van der Waals surface area contributed by atoms with Gasteiger partial charge in [0.05, 0.1) is 11.0 Å². The Labute approximate surface area is 123 Å². The van der Waals surface area contributed by atoms with Crippen molar-refractivity contribution < 1.29 is 4.79 Å². The number of aromatic amines is 1. The molecule has 67 valence electrons. The van der Waals surface area contributed by atoms with Crippen molar-refractivity contribution >= 4 is 68.7 Å². The van der Waals surface area contributed by atoms with E-state index in [4.69, 9.17) is 0 Å². The number of carbonyl (C=O) groups is 1. The number of rotatable bonds is 1. The Kier molecular flexibility index (Phi) is 3.85. The minimum Gasteiger partial charge on any atom is -0.306 e. The van der Waals surface area contributed by atoms with Crippen molar-refractivity contribution in [2.24, 2.45) is 7.05 Å². The van der Waals surface area contributed by atoms with Crippen molar-refractivity contribution in [2.75, 3.05) is 0 Å². The van der Waals surface area contributed by atoms with Crippen LogP contribution >= 0.6 is 0 Å². The third kappa shape index (κ3) is 1.78. The molecule has 0 aliphatic carbocycles. The molecule has 0 aliphatic heterocycles. The first-order valence-corrected chi connectivity index (χ1v) is 3.87. The number of carbonyl (C=O) groups excluding carboxylic acids is 1. The second kappa shape index (κ2) is 4.54. The fourth-order valence-electron chi connectivity index (χ4n) is 1.43. The minimum atomic E-state index is -0.204. The number of benzene rings is 1. The molecule has 0 atom stereocenters. The zero-order valence-corrected chi connectivity index (χ0v) is 11.2. The van der Waals surface area contributed by atoms with Crippen LogP contribution in [-0.4, -0.2) is 67.2 Å². The summed E-state index contributed by atoms with van der Waals surface area (Å²) >= 11 is 0. The zero-order valence-electron chi connectivity index (χ0n) is 8.07. The van der Waals surface area contributed by atoms with E-state index < -0.39 is 0 Å². The Balaban J connectivity index is 0.000000980. The van der Waals surface area contributed by atoms with E-state index in [0.717, 1.165) is 6.29 Å². The molecule has 0 saturated carbocycles. The zero-order chi connectivity index (χ0) is 9.42. The Morgan fingerprint density at radius 3 is 2.79 bits per heavy atom. The summed E-state index contributed by atoms with van der Waals surface area (Å²) in [4.78, 5) is 24.5. The summed E-state index contributed by atoms with van der Waals surface area (Å²) in [5.74, 6) is 0. The average molecular weight is 215 g/mol. The third-order valence-electron chi connectivity index (χ3n) is 2.08. The van der Waals surface area contributed by atoms with E-state index in [9.17, 15) is 9.59 Å². The van der Waals surface area contributed by atoms with Gasteiger partial charge in [-0.05, 0) is 12.1 Å². The maximum absolute atomic E-state index is 11.2. The molecule has 2 rings (SSSR count). The molecule has 1 aromatic heterocycles. The van der Waals surface area contributed by atoms with Gasteiger partial charge in [-0.1, -0.05) is 6.07 Å². The van der Waals surface area contributed by atoms with Crippen molar-refractivity contribution in [3.05, 3.63) is 34.2 Å². The fraction of sp³-hybridized carbons (Fsp3) is 0.111. The van der Waals surface area contributed by atoms with E-state index >= 15 is 0 Å². The number of para-hydroxylation sites is 1. The summed E-state index contributed by atoms with van der Waals surface area (Å²) in [6.45, 7) is 0. The van der Waals surface area contributed by atoms with Crippen LogP contribution in [0.1, 0.15) is 10.4 Å². The van der Waals surface area contributed by atoms with E-state index in [1.54, 1.807) is 25.2 Å². The quantitative estimate of drug-likeness (QED) is 0.549. The van der Waals surface area contributed by atoms with Crippen LogP contribution in [0, 0.1) is 0 Å². The van der Waals surface area contributed by atoms with Crippen LogP contribution in [0.2, 0.25) is 0 Å². The second-order valence-electron chi connectivity index (χ2n) is 2.85. The topological polar surface area (TPSA) is 54.9 Å². The summed E-state index contributed by atoms with van der Waals surface area (Å²) in [5.41, 5.74) is 1.67. The SMILES string of the molecule is Cn1c(=O)[nH]c2cccc(C=O)c21.[K]. The van der Waals surface area contributed by atoms with Gasteiger partial charge >= 0.3 is 5.69 Å². The smallest absolute Gasteiger partial charge is 0.306 e. The summed E-state index contributed by atoms with van der Waals surface area (Å²) in [5, 5.41) is 0. The molecule has 0 spiro atoms. The number of H-pyrrole nitrogens is 1. The predicted molar refractivity (Wildman–Crippen MR) is 54.7 cm³/mol. The molecule has 0 unspecified atom stereocenters. The summed E-state index contributed by atoms with van der Waals surface area (Å²) in [6.07, 6.45) is 0.746. The molecule has 14 heavy (non-hydrogen) atoms. The molecule has 4 nitrogen and oxygen atoms in total. The molecule has 1 radical (unpaired) electrons. The Bertz CT molecular complexity index is 527. The molecule has 1 aromatic carbocycles. The summed E-state index contributed by atoms with van der Waals surface area (Å²) in [7, 11) is 1.63. The number of aryl methyl sites for hydroxylation is 1. The van der Waals surface area contributed by atoms with Crippen molar-refractivity contribution in [3.63, 3.8) is 0 Å². The van der Waals surface area contributed by atoms with E-state index in [2.05, 4.69) is 4.98 Å². The van der Waals surface area contributed by atoms with E-state index in [1.165, 1.54) is 4.57 Å². The van der Waals surface area contributed by atoms with Crippen LogP contribution in [-0.2, 0) is 7.05 Å². The number of nitrogens with zero attached hydrogens (tertiary/aromatic N) is 1. The van der Waals surface area contributed by atoms with Crippen LogP contribution < -0.4 is 5.69 Å². The fourth-order valence-corrected chi connectivity index (χ4v) is 1.43. The average Bonchev–Trinajstić information content (AvgIpc) is 2.43. The molecule has 0 aliphatic rings. The largest absolute Gasteiger partial charge is 0.326 e. The van der Waals surface area contributed by atoms with Gasteiger partial charge in [-0.2, -0.15) is 0 Å². The first-order chi connectivity index (χ1) is 6.24. The number of nitrogens with one attached hydrogen (secondary N) is 1. The Morgan fingerprint density at radius 2 is 2.14 bits per heavy atom. The van der Waals surface area contributed by atoms with Crippen LogP contribution in [0.25, 0.3) is 11.0 Å². The molecular formula is C9H8KN2O2. The Hall–Kier alpha value is -0.204. The molecule has 0 bridgehead atoms. The maximum atomic E-state index is 11.2. The normalized spacial score (nSPS) is 9.79. The molecule has 0 amide bonds. The Morgan fingerprint density at radius 1 is 1.43 bits per heavy atom. The number of aromatic nitrogens is 2. The van der Waals surface area contributed by atoms with Gasteiger partial charge < -0.3 is 4.98 Å². The van der Waals surface area contributed by atoms with Gasteiger partial charge in [-0.25, -0.2) is 4.79 Å². The van der Waals surface area contributed by atoms with Crippen molar-refractivity contribution in [2.45, 2.75) is 0 Å². The number of aldehydes is 1. The van der Waals surface area contributed by atoms with Crippen molar-refractivity contribution in [1.82, 2.24) is 9.55 Å². The monoisotopic (exact) mass is 215 g/mol. The molecule has 1 N–H and O–H groups in total. The second-order valence-corrected chi connectivity index (χ2v) is 2.85. The van der Waals surface area contributed by atoms with Gasteiger partial charge in [0.2, 0.25) is 0 Å². The molecule has 1 heterocycles. The van der Waals surface area contributed by atoms with Gasteiger partial charge in [0.25, 0.3) is 0 Å². The van der Waals surface area contributed by atoms with Gasteiger partial charge in [-0.15, -0.1) is 0 Å². The van der Waals surface area contributed by atoms with Gasteiger partial charge in [0, 0.05) is 64.0 Å². The summed E-state index contributed by atoms with van der Waals surface area (Å²) < 4.78 is 1.43.